The first-order valence-corrected chi connectivity index (χ1v) is 9.15. The number of nitrogens with zero attached hydrogens (tertiary/aromatic N) is 2. The van der Waals surface area contributed by atoms with E-state index >= 15 is 0 Å². The summed E-state index contributed by atoms with van der Waals surface area (Å²) in [6.07, 6.45) is 8.91. The van der Waals surface area contributed by atoms with Gasteiger partial charge >= 0.3 is 0 Å². The number of ether oxygens (including phenoxy) is 1. The molecule has 0 amide bonds. The number of pyridine rings is 1. The van der Waals surface area contributed by atoms with Crippen LogP contribution < -0.4 is 10.2 Å². The molecule has 1 saturated heterocycles. The Bertz CT molecular complexity index is 803. The fourth-order valence-corrected chi connectivity index (χ4v) is 3.14. The maximum Gasteiger partial charge on any atom is 0.223 e. The molecule has 0 aliphatic carbocycles. The fourth-order valence-electron chi connectivity index (χ4n) is 3.14. The van der Waals surface area contributed by atoms with Crippen molar-refractivity contribution < 1.29 is 9.84 Å². The molecular formula is C21H26N2O3. The maximum absolute atomic E-state index is 11.5. The van der Waals surface area contributed by atoms with Crippen LogP contribution in [0.3, 0.4) is 0 Å². The van der Waals surface area contributed by atoms with Crippen LogP contribution >= 0.6 is 0 Å². The van der Waals surface area contributed by atoms with Gasteiger partial charge in [0.25, 0.3) is 0 Å². The summed E-state index contributed by atoms with van der Waals surface area (Å²) in [5.74, 6) is 0.636. The lowest BCUT2D eigenvalue weighted by Crippen LogP contribution is -2.21. The highest BCUT2D eigenvalue weighted by Crippen LogP contribution is 2.15. The number of likely N-dealkylation sites (tertiary alicyclic amines) is 1. The molecule has 1 fully saturated rings. The quantitative estimate of drug-likeness (QED) is 0.776. The highest BCUT2D eigenvalue weighted by molar-refractivity contribution is 5.68. The molecule has 26 heavy (non-hydrogen) atoms. The van der Waals surface area contributed by atoms with E-state index in [1.807, 2.05) is 36.4 Å². The van der Waals surface area contributed by atoms with Crippen LogP contribution in [0.4, 0.5) is 0 Å². The van der Waals surface area contributed by atoms with E-state index in [-0.39, 0.29) is 11.2 Å². The van der Waals surface area contributed by atoms with Gasteiger partial charge in [-0.2, -0.15) is 0 Å². The molecule has 0 radical (unpaired) electrons. The van der Waals surface area contributed by atoms with Gasteiger partial charge in [-0.1, -0.05) is 18.2 Å². The predicted molar refractivity (Wildman–Crippen MR) is 105 cm³/mol. The smallest absolute Gasteiger partial charge is 0.223 e. The molecule has 1 aromatic heterocycles. The number of aromatic hydroxyl groups is 1. The van der Waals surface area contributed by atoms with Crippen LogP contribution in [0.25, 0.3) is 12.2 Å². The van der Waals surface area contributed by atoms with E-state index in [9.17, 15) is 9.90 Å². The Kier molecular flexibility index (Phi) is 6.12. The van der Waals surface area contributed by atoms with Gasteiger partial charge in [0, 0.05) is 31.5 Å². The molecule has 0 spiro atoms. The molecule has 5 heteroatoms. The molecule has 1 N–H and O–H groups in total. The van der Waals surface area contributed by atoms with Crippen molar-refractivity contribution in [2.24, 2.45) is 7.05 Å². The van der Waals surface area contributed by atoms with Gasteiger partial charge in [-0.25, -0.2) is 0 Å². The van der Waals surface area contributed by atoms with Crippen LogP contribution in [0.15, 0.2) is 41.3 Å². The molecule has 2 heterocycles. The summed E-state index contributed by atoms with van der Waals surface area (Å²) >= 11 is 0. The third-order valence-electron chi connectivity index (χ3n) is 4.67. The lowest BCUT2D eigenvalue weighted by atomic mass is 10.2. The van der Waals surface area contributed by atoms with Crippen LogP contribution in [0, 0.1) is 0 Å². The topological polar surface area (TPSA) is 54.7 Å². The summed E-state index contributed by atoms with van der Waals surface area (Å²) in [7, 11) is 1.79. The molecule has 0 bridgehead atoms. The Morgan fingerprint density at radius 1 is 1.15 bits per heavy atom. The first-order chi connectivity index (χ1) is 12.6. The Labute approximate surface area is 154 Å². The van der Waals surface area contributed by atoms with Crippen LogP contribution in [-0.4, -0.2) is 40.8 Å². The Morgan fingerprint density at radius 3 is 2.62 bits per heavy atom. The molecule has 2 aromatic rings. The molecule has 3 rings (SSSR count). The molecule has 138 valence electrons. The zero-order valence-corrected chi connectivity index (χ0v) is 15.2. The predicted octanol–water partition coefficient (Wildman–Crippen LogP) is 3.13. The SMILES string of the molecule is Cn1cc(O)c(=O)cc1/C=C/c1ccc(OCCCN2CCCC2)cc1. The fraction of sp³-hybridized carbons (Fsp3) is 0.381. The Hall–Kier alpha value is -2.53. The highest BCUT2D eigenvalue weighted by atomic mass is 16.5. The summed E-state index contributed by atoms with van der Waals surface area (Å²) in [6.45, 7) is 4.31. The monoisotopic (exact) mass is 354 g/mol. The van der Waals surface area contributed by atoms with Gasteiger partial charge in [0.15, 0.2) is 5.75 Å². The van der Waals surface area contributed by atoms with Gasteiger partial charge in [0.2, 0.25) is 5.43 Å². The largest absolute Gasteiger partial charge is 0.503 e. The first kappa shape index (κ1) is 18.3. The third kappa shape index (κ3) is 4.99. The summed E-state index contributed by atoms with van der Waals surface area (Å²) < 4.78 is 7.52. The van der Waals surface area contributed by atoms with E-state index in [2.05, 4.69) is 4.90 Å². The van der Waals surface area contributed by atoms with Crippen molar-refractivity contribution in [2.45, 2.75) is 19.3 Å². The van der Waals surface area contributed by atoms with Gasteiger partial charge in [0.05, 0.1) is 6.61 Å². The van der Waals surface area contributed by atoms with Crippen molar-refractivity contribution >= 4 is 12.2 Å². The van der Waals surface area contributed by atoms with E-state index in [0.29, 0.717) is 0 Å². The van der Waals surface area contributed by atoms with Crippen molar-refractivity contribution in [3.05, 3.63) is 58.0 Å². The number of rotatable bonds is 7. The molecular weight excluding hydrogens is 328 g/mol. The van der Waals surface area contributed by atoms with E-state index in [1.54, 1.807) is 11.6 Å². The zero-order valence-electron chi connectivity index (χ0n) is 15.2. The van der Waals surface area contributed by atoms with Crippen molar-refractivity contribution in [3.63, 3.8) is 0 Å². The van der Waals surface area contributed by atoms with Gasteiger partial charge < -0.3 is 19.3 Å². The molecule has 1 aliphatic heterocycles. The van der Waals surface area contributed by atoms with Gasteiger partial charge in [-0.05, 0) is 56.1 Å². The van der Waals surface area contributed by atoms with Gasteiger partial charge in [-0.15, -0.1) is 0 Å². The average Bonchev–Trinajstić information content (AvgIpc) is 3.15. The second-order valence-corrected chi connectivity index (χ2v) is 6.71. The van der Waals surface area contributed by atoms with E-state index in [1.165, 1.54) is 38.2 Å². The maximum atomic E-state index is 11.5. The van der Waals surface area contributed by atoms with Gasteiger partial charge in [-0.3, -0.25) is 4.79 Å². The summed E-state index contributed by atoms with van der Waals surface area (Å²) in [5.41, 5.74) is 1.38. The minimum atomic E-state index is -0.375. The second-order valence-electron chi connectivity index (χ2n) is 6.71. The van der Waals surface area contributed by atoms with Crippen molar-refractivity contribution in [1.82, 2.24) is 9.47 Å². The molecule has 1 aromatic carbocycles. The molecule has 5 nitrogen and oxygen atoms in total. The standard InChI is InChI=1S/C21H26N2O3/c1-22-16-21(25)20(24)15-18(22)8-5-17-6-9-19(10-7-17)26-14-4-13-23-11-2-3-12-23/h5-10,15-16,25H,2-4,11-14H2,1H3/b8-5+. The summed E-state index contributed by atoms with van der Waals surface area (Å²) in [5, 5.41) is 9.42. The molecule has 0 unspecified atom stereocenters. The summed E-state index contributed by atoms with van der Waals surface area (Å²) in [4.78, 5) is 14.0. The van der Waals surface area contributed by atoms with E-state index < -0.39 is 0 Å². The second kappa shape index (κ2) is 8.72. The first-order valence-electron chi connectivity index (χ1n) is 9.15. The molecule has 1 aliphatic rings. The van der Waals surface area contributed by atoms with Crippen LogP contribution in [-0.2, 0) is 7.05 Å². The van der Waals surface area contributed by atoms with Crippen molar-refractivity contribution in [1.29, 1.82) is 0 Å². The Balaban J connectivity index is 1.51. The van der Waals surface area contributed by atoms with Crippen molar-refractivity contribution in [2.75, 3.05) is 26.2 Å². The van der Waals surface area contributed by atoms with E-state index in [0.717, 1.165) is 36.6 Å². The average molecular weight is 354 g/mol. The summed E-state index contributed by atoms with van der Waals surface area (Å²) in [6, 6.07) is 9.33. The van der Waals surface area contributed by atoms with Crippen LogP contribution in [0.1, 0.15) is 30.5 Å². The number of aryl methyl sites for hydroxylation is 1. The number of hydrogen-bond donors (Lipinski definition) is 1. The number of aromatic nitrogens is 1. The Morgan fingerprint density at radius 2 is 1.88 bits per heavy atom. The molecule has 0 saturated carbocycles. The normalized spacial score (nSPS) is 15.0. The van der Waals surface area contributed by atoms with Crippen LogP contribution in [0.5, 0.6) is 11.5 Å². The van der Waals surface area contributed by atoms with E-state index in [4.69, 9.17) is 4.74 Å². The van der Waals surface area contributed by atoms with Crippen LogP contribution in [0.2, 0.25) is 0 Å². The number of benzene rings is 1. The number of hydrogen-bond acceptors (Lipinski definition) is 4. The lowest BCUT2D eigenvalue weighted by Gasteiger charge is -2.14. The lowest BCUT2D eigenvalue weighted by molar-refractivity contribution is 0.263. The van der Waals surface area contributed by atoms with Crippen molar-refractivity contribution in [3.8, 4) is 11.5 Å². The van der Waals surface area contributed by atoms with Gasteiger partial charge in [0.1, 0.15) is 5.75 Å². The highest BCUT2D eigenvalue weighted by Gasteiger charge is 2.10. The zero-order chi connectivity index (χ0) is 18.4. The molecule has 0 atom stereocenters. The minimum absolute atomic E-state index is 0.240. The third-order valence-corrected chi connectivity index (χ3v) is 4.67. The minimum Gasteiger partial charge on any atom is -0.503 e.